The highest BCUT2D eigenvalue weighted by molar-refractivity contribution is 6.01. The molecule has 8 N–H and O–H groups in total. The maximum absolute atomic E-state index is 14.6. The SMILES string of the molecule is CCCC(CN(CCNC(=O)c1cc(C)[nH]c(=O)c1OCc1ccccc1)CCNC(=O)c1cc(C)[nH]c(=O)c1OCc1ccccc1)NC(=O)c1ccc(C(=O)O)c(OCc2ccccc2)c1OCc1ccccc1.O=C(O)O. The number of carboxylic acid groups (broad SMARTS) is 3. The Labute approximate surface area is 461 Å². The van der Waals surface area contributed by atoms with Gasteiger partial charge < -0.3 is 60.2 Å². The number of aromatic nitrogens is 2. The van der Waals surface area contributed by atoms with Gasteiger partial charge in [-0.05, 0) is 66.8 Å². The van der Waals surface area contributed by atoms with Gasteiger partial charge in [0.2, 0.25) is 0 Å². The topological polar surface area (TPSA) is 288 Å². The lowest BCUT2D eigenvalue weighted by Crippen LogP contribution is -2.48. The van der Waals surface area contributed by atoms with Gasteiger partial charge in [-0.3, -0.25) is 28.9 Å². The van der Waals surface area contributed by atoms with Gasteiger partial charge >= 0.3 is 12.1 Å². The maximum Gasteiger partial charge on any atom is 0.503 e. The van der Waals surface area contributed by atoms with E-state index in [2.05, 4.69) is 25.9 Å². The van der Waals surface area contributed by atoms with E-state index in [0.717, 1.165) is 22.3 Å². The largest absolute Gasteiger partial charge is 0.503 e. The first-order valence-electron chi connectivity index (χ1n) is 25.7. The summed E-state index contributed by atoms with van der Waals surface area (Å²) in [7, 11) is 0. The van der Waals surface area contributed by atoms with Gasteiger partial charge in [-0.2, -0.15) is 0 Å². The van der Waals surface area contributed by atoms with Crippen molar-refractivity contribution >= 4 is 29.8 Å². The Kier molecular flexibility index (Phi) is 22.6. The normalized spacial score (nSPS) is 11.1. The highest BCUT2D eigenvalue weighted by Gasteiger charge is 2.27. The van der Waals surface area contributed by atoms with Crippen molar-refractivity contribution in [3.05, 3.63) is 222 Å². The summed E-state index contributed by atoms with van der Waals surface area (Å²) in [5, 5.41) is 33.3. The van der Waals surface area contributed by atoms with Crippen molar-refractivity contribution in [2.24, 2.45) is 0 Å². The molecule has 5 aromatic carbocycles. The van der Waals surface area contributed by atoms with Crippen LogP contribution in [0.4, 0.5) is 4.79 Å². The summed E-state index contributed by atoms with van der Waals surface area (Å²) in [5.41, 5.74) is 2.94. The number of hydrogen-bond acceptors (Lipinski definition) is 12. The molecule has 2 heterocycles. The second kappa shape index (κ2) is 30.3. The predicted octanol–water partition coefficient (Wildman–Crippen LogP) is 7.98. The van der Waals surface area contributed by atoms with Crippen LogP contribution < -0.4 is 46.0 Å². The summed E-state index contributed by atoms with van der Waals surface area (Å²) in [5.74, 6) is -3.32. The molecule has 2 aromatic heterocycles. The lowest BCUT2D eigenvalue weighted by atomic mass is 10.1. The number of nitrogens with one attached hydrogen (secondary N) is 5. The van der Waals surface area contributed by atoms with E-state index in [0.29, 0.717) is 24.2 Å². The zero-order valence-corrected chi connectivity index (χ0v) is 44.5. The Morgan fingerprint density at radius 1 is 0.500 bits per heavy atom. The van der Waals surface area contributed by atoms with E-state index in [1.807, 2.05) is 133 Å². The Hall–Kier alpha value is -9.69. The maximum atomic E-state index is 14.6. The molecule has 0 spiro atoms. The lowest BCUT2D eigenvalue weighted by Gasteiger charge is -2.29. The van der Waals surface area contributed by atoms with E-state index in [-0.39, 0.29) is 104 Å². The van der Waals surface area contributed by atoms with Gasteiger partial charge in [0.15, 0.2) is 23.0 Å². The lowest BCUT2D eigenvalue weighted by molar-refractivity contribution is 0.0688. The number of aromatic carboxylic acids is 1. The smallest absolute Gasteiger partial charge is 0.484 e. The number of ether oxygens (including phenoxy) is 4. The van der Waals surface area contributed by atoms with E-state index in [4.69, 9.17) is 34.0 Å². The molecule has 1 unspecified atom stereocenters. The number of aryl methyl sites for hydroxylation is 2. The fourth-order valence-electron chi connectivity index (χ4n) is 8.36. The fourth-order valence-corrected chi connectivity index (χ4v) is 8.36. The number of H-pyrrole nitrogens is 2. The third-order valence-electron chi connectivity index (χ3n) is 12.1. The minimum atomic E-state index is -1.83. The Bertz CT molecular complexity index is 3170. The van der Waals surface area contributed by atoms with Crippen LogP contribution in [0.1, 0.15) is 94.8 Å². The molecule has 0 saturated heterocycles. The second-order valence-corrected chi connectivity index (χ2v) is 18.3. The Balaban J connectivity index is 0.00000249. The minimum Gasteiger partial charge on any atom is -0.484 e. The third-order valence-corrected chi connectivity index (χ3v) is 12.1. The summed E-state index contributed by atoms with van der Waals surface area (Å²) in [6, 6.07) is 42.2. The number of carbonyl (C=O) groups is 5. The summed E-state index contributed by atoms with van der Waals surface area (Å²) in [6.45, 7) is 6.22. The molecule has 0 aliphatic rings. The van der Waals surface area contributed by atoms with Crippen LogP contribution in [0, 0.1) is 13.8 Å². The number of hydrogen-bond donors (Lipinski definition) is 8. The van der Waals surface area contributed by atoms with Crippen molar-refractivity contribution in [1.29, 1.82) is 0 Å². The molecule has 20 heteroatoms. The van der Waals surface area contributed by atoms with Crippen LogP contribution in [0.5, 0.6) is 23.0 Å². The van der Waals surface area contributed by atoms with E-state index in [1.165, 1.54) is 12.1 Å². The number of benzene rings is 5. The Morgan fingerprint density at radius 2 is 0.850 bits per heavy atom. The predicted molar refractivity (Wildman–Crippen MR) is 298 cm³/mol. The molecule has 0 fully saturated rings. The second-order valence-electron chi connectivity index (χ2n) is 18.3. The molecule has 0 bridgehead atoms. The molecular formula is C60H64N6O14. The van der Waals surface area contributed by atoms with Crippen LogP contribution in [0.3, 0.4) is 0 Å². The quantitative estimate of drug-likeness (QED) is 0.0242. The van der Waals surface area contributed by atoms with Crippen molar-refractivity contribution < 1.29 is 58.2 Å². The summed E-state index contributed by atoms with van der Waals surface area (Å²) >= 11 is 0. The first-order chi connectivity index (χ1) is 38.6. The zero-order valence-electron chi connectivity index (χ0n) is 44.5. The van der Waals surface area contributed by atoms with E-state index < -0.39 is 47.0 Å². The van der Waals surface area contributed by atoms with Crippen molar-refractivity contribution in [2.45, 2.75) is 66.1 Å². The fraction of sp³-hybridized carbons (Fsp3) is 0.250. The highest BCUT2D eigenvalue weighted by atomic mass is 16.6. The van der Waals surface area contributed by atoms with Crippen molar-refractivity contribution in [1.82, 2.24) is 30.8 Å². The first kappa shape index (κ1) is 59.6. The molecule has 7 aromatic rings. The molecule has 1 atom stereocenters. The molecule has 418 valence electrons. The van der Waals surface area contributed by atoms with Crippen LogP contribution in [0.2, 0.25) is 0 Å². The number of carbonyl (C=O) groups excluding carboxylic acids is 3. The number of pyridine rings is 2. The molecule has 80 heavy (non-hydrogen) atoms. The summed E-state index contributed by atoms with van der Waals surface area (Å²) in [4.78, 5) is 97.3. The van der Waals surface area contributed by atoms with Gasteiger partial charge in [0.1, 0.15) is 32.0 Å². The summed E-state index contributed by atoms with van der Waals surface area (Å²) in [6.07, 6.45) is -0.692. The molecule has 0 saturated carbocycles. The molecule has 20 nitrogen and oxygen atoms in total. The number of rotatable bonds is 27. The van der Waals surface area contributed by atoms with E-state index in [9.17, 15) is 33.9 Å². The number of aromatic amines is 2. The average molecular weight is 1090 g/mol. The molecule has 7 rings (SSSR count). The van der Waals surface area contributed by atoms with Gasteiger partial charge in [0.25, 0.3) is 28.8 Å². The van der Waals surface area contributed by atoms with Crippen LogP contribution in [-0.4, -0.2) is 98.8 Å². The number of carboxylic acids is 1. The van der Waals surface area contributed by atoms with Gasteiger partial charge in [0, 0.05) is 50.2 Å². The van der Waals surface area contributed by atoms with Gasteiger partial charge in [-0.15, -0.1) is 0 Å². The molecule has 3 amide bonds. The number of amides is 3. The van der Waals surface area contributed by atoms with Crippen LogP contribution >= 0.6 is 0 Å². The standard InChI is InChI=1S/C59H62N6O11.CH2O3/c1-4-17-45(64-56(68)46-26-27-47(59(71)72)51(74-36-42-20-11-6-12-21-42)50(46)73-35-41-18-9-5-10-19-41)34-65(30-28-60-54(66)48-32-39(2)62-57(69)52(48)75-37-43-22-13-7-14-23-43)31-29-61-55(67)49-33-40(3)63-58(70)53(49)76-38-44-24-15-8-16-25-44;2-1(3)4/h5-16,18-27,32-33,45H,4,17,28-31,34-38H2,1-3H3,(H,60,66)(H,61,67)(H,62,69)(H,63,70)(H,64,68)(H,71,72);(H2,2,3,4). The number of nitrogens with zero attached hydrogens (tertiary/aromatic N) is 1. The summed E-state index contributed by atoms with van der Waals surface area (Å²) < 4.78 is 24.4. The monoisotopic (exact) mass is 1090 g/mol. The highest BCUT2D eigenvalue weighted by Crippen LogP contribution is 2.37. The molecule has 0 aliphatic heterocycles. The molecule has 0 aliphatic carbocycles. The minimum absolute atomic E-state index is 0.000808. The van der Waals surface area contributed by atoms with Gasteiger partial charge in [0.05, 0.1) is 16.7 Å². The van der Waals surface area contributed by atoms with Crippen LogP contribution in [0.25, 0.3) is 0 Å². The first-order valence-corrected chi connectivity index (χ1v) is 25.7. The van der Waals surface area contributed by atoms with Gasteiger partial charge in [-0.1, -0.05) is 135 Å². The Morgan fingerprint density at radius 3 is 1.21 bits per heavy atom. The third kappa shape index (κ3) is 18.2. The van der Waals surface area contributed by atoms with Crippen molar-refractivity contribution in [2.75, 3.05) is 32.7 Å². The molecule has 0 radical (unpaired) electrons. The van der Waals surface area contributed by atoms with E-state index >= 15 is 0 Å². The van der Waals surface area contributed by atoms with Gasteiger partial charge in [-0.25, -0.2) is 9.59 Å². The average Bonchev–Trinajstić information content (AvgIpc) is 3.49. The zero-order chi connectivity index (χ0) is 57.4. The van der Waals surface area contributed by atoms with Crippen LogP contribution in [0.15, 0.2) is 155 Å². The molecular weight excluding hydrogens is 1030 g/mol. The van der Waals surface area contributed by atoms with E-state index in [1.54, 1.807) is 26.0 Å². The van der Waals surface area contributed by atoms with Crippen LogP contribution in [-0.2, 0) is 26.4 Å². The van der Waals surface area contributed by atoms with Crippen molar-refractivity contribution in [3.8, 4) is 23.0 Å². The van der Waals surface area contributed by atoms with Crippen molar-refractivity contribution in [3.63, 3.8) is 0 Å².